The number of nitrogens with one attached hydrogen (secondary N) is 2. The average Bonchev–Trinajstić information content (AvgIpc) is 3.17. The number of para-hydroxylation sites is 2. The molecule has 2 saturated heterocycles. The first kappa shape index (κ1) is 21.7. The van der Waals surface area contributed by atoms with Crippen LogP contribution in [0.15, 0.2) is 66.4 Å². The molecule has 5 unspecified atom stereocenters. The number of ketones is 1. The van der Waals surface area contributed by atoms with Crippen molar-refractivity contribution in [2.45, 2.75) is 18.5 Å². The zero-order valence-corrected chi connectivity index (χ0v) is 19.2. The Balaban J connectivity index is 1.53. The van der Waals surface area contributed by atoms with Crippen LogP contribution in [0.2, 0.25) is 0 Å². The minimum absolute atomic E-state index is 0.0139. The molecule has 7 heteroatoms. The number of nitrogens with zero attached hydrogens (tertiary/aromatic N) is 2. The summed E-state index contributed by atoms with van der Waals surface area (Å²) in [7, 11) is 5.52. The molecule has 2 aliphatic heterocycles. The summed E-state index contributed by atoms with van der Waals surface area (Å²) in [6.07, 6.45) is 2.46. The lowest BCUT2D eigenvalue weighted by molar-refractivity contribution is -0.130. The van der Waals surface area contributed by atoms with Crippen LogP contribution >= 0.6 is 0 Å². The smallest absolute Gasteiger partial charge is 0.247 e. The van der Waals surface area contributed by atoms with Gasteiger partial charge in [0.15, 0.2) is 5.78 Å². The Bertz CT molecular complexity index is 1080. The summed E-state index contributed by atoms with van der Waals surface area (Å²) in [5.41, 5.74) is 5.93. The van der Waals surface area contributed by atoms with Gasteiger partial charge in [-0.25, -0.2) is 10.4 Å². The van der Waals surface area contributed by atoms with Crippen LogP contribution in [0, 0.1) is 17.8 Å². The van der Waals surface area contributed by atoms with Crippen LogP contribution in [0.25, 0.3) is 0 Å². The van der Waals surface area contributed by atoms with Gasteiger partial charge < -0.3 is 9.64 Å². The van der Waals surface area contributed by atoms with Crippen LogP contribution < -0.4 is 20.5 Å². The molecule has 3 fully saturated rings. The van der Waals surface area contributed by atoms with Crippen molar-refractivity contribution in [3.05, 3.63) is 71.9 Å². The first-order valence-corrected chi connectivity index (χ1v) is 11.4. The van der Waals surface area contributed by atoms with Crippen molar-refractivity contribution >= 4 is 17.4 Å². The van der Waals surface area contributed by atoms with Crippen molar-refractivity contribution in [3.8, 4) is 5.75 Å². The van der Waals surface area contributed by atoms with Gasteiger partial charge in [-0.3, -0.25) is 14.9 Å². The van der Waals surface area contributed by atoms with Crippen LogP contribution in [-0.4, -0.2) is 50.5 Å². The second-order valence-corrected chi connectivity index (χ2v) is 9.26. The van der Waals surface area contributed by atoms with Crippen LogP contribution in [0.5, 0.6) is 5.75 Å². The monoisotopic (exact) mass is 446 g/mol. The number of piperidine rings is 1. The molecule has 3 aliphatic rings. The first-order chi connectivity index (χ1) is 16.0. The summed E-state index contributed by atoms with van der Waals surface area (Å²) >= 11 is 0. The highest BCUT2D eigenvalue weighted by Gasteiger charge is 2.55. The predicted octanol–water partition coefficient (Wildman–Crippen LogP) is 2.53. The molecule has 0 spiro atoms. The van der Waals surface area contributed by atoms with E-state index in [9.17, 15) is 9.59 Å². The number of hydrazine groups is 1. The number of hydrogen-bond donors (Lipinski definition) is 2. The van der Waals surface area contributed by atoms with E-state index in [4.69, 9.17) is 4.74 Å². The topological polar surface area (TPSA) is 73.9 Å². The molecule has 2 aromatic rings. The summed E-state index contributed by atoms with van der Waals surface area (Å²) in [4.78, 5) is 29.3. The van der Waals surface area contributed by atoms with Gasteiger partial charge in [0.25, 0.3) is 0 Å². The minimum Gasteiger partial charge on any atom is -0.496 e. The third-order valence-corrected chi connectivity index (χ3v) is 7.10. The van der Waals surface area contributed by atoms with Crippen LogP contribution in [0.3, 0.4) is 0 Å². The molecule has 2 aromatic carbocycles. The Hall–Kier alpha value is -3.16. The molecule has 0 aromatic heterocycles. The average molecular weight is 447 g/mol. The summed E-state index contributed by atoms with van der Waals surface area (Å²) in [6.45, 7) is 0.553. The molecular weight excluding hydrogens is 416 g/mol. The molecule has 5 rings (SSSR count). The van der Waals surface area contributed by atoms with Crippen LogP contribution in [-0.2, 0) is 9.59 Å². The lowest BCUT2D eigenvalue weighted by Gasteiger charge is -2.44. The van der Waals surface area contributed by atoms with E-state index in [0.29, 0.717) is 6.54 Å². The quantitative estimate of drug-likeness (QED) is 0.704. The number of hydrogen-bond acceptors (Lipinski definition) is 6. The van der Waals surface area contributed by atoms with Gasteiger partial charge in [0, 0.05) is 49.8 Å². The largest absolute Gasteiger partial charge is 0.496 e. The van der Waals surface area contributed by atoms with Gasteiger partial charge in [-0.05, 0) is 30.5 Å². The Morgan fingerprint density at radius 3 is 2.52 bits per heavy atom. The number of ether oxygens (including phenoxy) is 1. The third kappa shape index (κ3) is 3.71. The summed E-state index contributed by atoms with van der Waals surface area (Å²) in [5, 5.41) is 5.07. The number of carbonyl (C=O) groups is 2. The number of anilines is 1. The molecule has 7 nitrogen and oxygen atoms in total. The zero-order chi connectivity index (χ0) is 23.1. The highest BCUT2D eigenvalue weighted by atomic mass is 16.5. The fourth-order valence-electron chi connectivity index (χ4n) is 5.68. The molecule has 1 aliphatic carbocycles. The van der Waals surface area contributed by atoms with E-state index >= 15 is 0 Å². The minimum atomic E-state index is -0.314. The third-order valence-electron chi connectivity index (χ3n) is 7.10. The van der Waals surface area contributed by atoms with E-state index < -0.39 is 0 Å². The maximum Gasteiger partial charge on any atom is 0.247 e. The fraction of sp³-hybridized carbons (Fsp3) is 0.385. The van der Waals surface area contributed by atoms with E-state index in [0.717, 1.165) is 29.0 Å². The second kappa shape index (κ2) is 8.65. The Morgan fingerprint density at radius 1 is 1.06 bits per heavy atom. The molecule has 1 saturated carbocycles. The summed E-state index contributed by atoms with van der Waals surface area (Å²) in [5.74, 6) is 0.163. The van der Waals surface area contributed by atoms with E-state index in [1.54, 1.807) is 12.1 Å². The van der Waals surface area contributed by atoms with Gasteiger partial charge in [-0.1, -0.05) is 36.4 Å². The SMILES string of the molecule is COc1ccccc1C1CC2C(CNC3NN(c4ccccc4)C(=O)C32)C(=O)/C1=C\N(C)C. The lowest BCUT2D eigenvalue weighted by atomic mass is 9.62. The van der Waals surface area contributed by atoms with Crippen molar-refractivity contribution < 1.29 is 14.3 Å². The number of carbonyl (C=O) groups excluding carboxylic acids is 2. The first-order valence-electron chi connectivity index (χ1n) is 11.4. The lowest BCUT2D eigenvalue weighted by Crippen LogP contribution is -2.58. The Morgan fingerprint density at radius 2 is 1.79 bits per heavy atom. The van der Waals surface area contributed by atoms with Crippen LogP contribution in [0.4, 0.5) is 5.69 Å². The maximum absolute atomic E-state index is 13.8. The van der Waals surface area contributed by atoms with E-state index in [2.05, 4.69) is 10.7 Å². The highest BCUT2D eigenvalue weighted by molar-refractivity contribution is 6.02. The number of methoxy groups -OCH3 is 1. The van der Waals surface area contributed by atoms with E-state index in [-0.39, 0.29) is 41.5 Å². The summed E-state index contributed by atoms with van der Waals surface area (Å²) in [6, 6.07) is 17.5. The maximum atomic E-state index is 13.8. The van der Waals surface area contributed by atoms with E-state index in [1.807, 2.05) is 79.8 Å². The van der Waals surface area contributed by atoms with Crippen LogP contribution in [0.1, 0.15) is 17.9 Å². The number of allylic oxidation sites excluding steroid dienone is 1. The van der Waals surface area contributed by atoms with Crippen molar-refractivity contribution in [2.75, 3.05) is 32.8 Å². The van der Waals surface area contributed by atoms with Gasteiger partial charge in [0.1, 0.15) is 5.75 Å². The normalized spacial score (nSPS) is 30.2. The van der Waals surface area contributed by atoms with Gasteiger partial charge in [0.2, 0.25) is 5.91 Å². The fourth-order valence-corrected chi connectivity index (χ4v) is 5.68. The predicted molar refractivity (Wildman–Crippen MR) is 126 cm³/mol. The number of amides is 1. The van der Waals surface area contributed by atoms with E-state index in [1.165, 1.54) is 0 Å². The second-order valence-electron chi connectivity index (χ2n) is 9.26. The molecule has 2 N–H and O–H groups in total. The molecule has 1 amide bonds. The molecule has 0 bridgehead atoms. The molecule has 0 radical (unpaired) electrons. The zero-order valence-electron chi connectivity index (χ0n) is 19.2. The Labute approximate surface area is 194 Å². The number of benzene rings is 2. The number of Topliss-reactive ketones (excluding diaryl/α,β-unsaturated/α-hetero) is 1. The molecule has 5 atom stereocenters. The molecule has 33 heavy (non-hydrogen) atoms. The molecule has 172 valence electrons. The summed E-state index contributed by atoms with van der Waals surface area (Å²) < 4.78 is 5.65. The van der Waals surface area contributed by atoms with Crippen molar-refractivity contribution in [1.29, 1.82) is 0 Å². The standard InChI is InChI=1S/C26H30N4O3/c1-29(2)15-21-18(17-11-7-8-12-22(17)33-3)13-19-20(24(21)31)14-27-25-23(19)26(32)30(28-25)16-9-5-4-6-10-16/h4-12,15,18-20,23,25,27-28H,13-14H2,1-3H3/b21-15-. The highest BCUT2D eigenvalue weighted by Crippen LogP contribution is 2.49. The van der Waals surface area contributed by atoms with Gasteiger partial charge >= 0.3 is 0 Å². The van der Waals surface area contributed by atoms with Gasteiger partial charge in [-0.2, -0.15) is 0 Å². The molecule has 2 heterocycles. The molecular formula is C26H30N4O3. The van der Waals surface area contributed by atoms with Gasteiger partial charge in [0.05, 0.1) is 24.9 Å². The van der Waals surface area contributed by atoms with Crippen molar-refractivity contribution in [1.82, 2.24) is 15.6 Å². The van der Waals surface area contributed by atoms with Gasteiger partial charge in [-0.15, -0.1) is 0 Å². The van der Waals surface area contributed by atoms with Crippen molar-refractivity contribution in [3.63, 3.8) is 0 Å². The number of fused-ring (bicyclic) bond motifs is 3. The Kier molecular flexibility index (Phi) is 5.68. The number of rotatable bonds is 4. The van der Waals surface area contributed by atoms with Crippen molar-refractivity contribution in [2.24, 2.45) is 17.8 Å².